The maximum absolute atomic E-state index is 12.8. The van der Waals surface area contributed by atoms with E-state index in [1.165, 1.54) is 42.5 Å². The highest BCUT2D eigenvalue weighted by molar-refractivity contribution is 6.06. The molecule has 0 saturated heterocycles. The summed E-state index contributed by atoms with van der Waals surface area (Å²) in [5.74, 6) is -0.672. The monoisotopic (exact) mass is 416 g/mol. The van der Waals surface area contributed by atoms with E-state index in [1.807, 2.05) is 0 Å². The molecule has 1 amide bonds. The molecule has 0 fully saturated rings. The van der Waals surface area contributed by atoms with E-state index in [4.69, 9.17) is 4.42 Å². The number of imidazole rings is 1. The first-order valence-corrected chi connectivity index (χ1v) is 8.44. The number of hydrogen-bond donors (Lipinski definition) is 2. The summed E-state index contributed by atoms with van der Waals surface area (Å²) >= 11 is 0. The van der Waals surface area contributed by atoms with Crippen LogP contribution in [0.25, 0.3) is 22.6 Å². The highest BCUT2D eigenvalue weighted by atomic mass is 19.4. The quantitative estimate of drug-likeness (QED) is 0.359. The molecular weight excluding hydrogens is 405 g/mol. The van der Waals surface area contributed by atoms with Crippen LogP contribution in [0.15, 0.2) is 59.0 Å². The van der Waals surface area contributed by atoms with Crippen molar-refractivity contribution in [3.8, 4) is 11.6 Å². The number of benzene rings is 2. The summed E-state index contributed by atoms with van der Waals surface area (Å²) in [7, 11) is 0. The van der Waals surface area contributed by atoms with Gasteiger partial charge >= 0.3 is 12.1 Å². The second kappa shape index (κ2) is 7.03. The van der Waals surface area contributed by atoms with Gasteiger partial charge in [-0.1, -0.05) is 6.07 Å². The van der Waals surface area contributed by atoms with Crippen molar-refractivity contribution in [3.05, 3.63) is 75.8 Å². The van der Waals surface area contributed by atoms with Gasteiger partial charge in [-0.25, -0.2) is 4.98 Å². The number of nitro groups is 1. The molecular formula is C19H11F3N4O4. The summed E-state index contributed by atoms with van der Waals surface area (Å²) in [6, 6.07) is 11.3. The minimum atomic E-state index is -4.52. The van der Waals surface area contributed by atoms with Gasteiger partial charge in [0.25, 0.3) is 5.91 Å². The summed E-state index contributed by atoms with van der Waals surface area (Å²) in [6.07, 6.45) is -4.52. The van der Waals surface area contributed by atoms with Crippen molar-refractivity contribution >= 4 is 28.5 Å². The van der Waals surface area contributed by atoms with E-state index in [9.17, 15) is 28.1 Å². The van der Waals surface area contributed by atoms with Gasteiger partial charge in [0.15, 0.2) is 11.6 Å². The number of H-pyrrole nitrogens is 1. The number of anilines is 1. The van der Waals surface area contributed by atoms with Gasteiger partial charge in [0.1, 0.15) is 4.92 Å². The third-order valence-electron chi connectivity index (χ3n) is 4.20. The molecule has 0 atom stereocenters. The molecule has 0 aliphatic heterocycles. The van der Waals surface area contributed by atoms with E-state index in [2.05, 4.69) is 15.3 Å². The number of nitrogens with zero attached hydrogens (tertiary/aromatic N) is 2. The smallest absolute Gasteiger partial charge is 0.397 e. The Kier molecular flexibility index (Phi) is 4.49. The molecule has 11 heteroatoms. The molecule has 0 unspecified atom stereocenters. The van der Waals surface area contributed by atoms with E-state index in [0.717, 1.165) is 12.1 Å². The number of carbonyl (C=O) groups excluding carboxylic acids is 1. The second-order valence-electron chi connectivity index (χ2n) is 6.25. The van der Waals surface area contributed by atoms with Crippen LogP contribution >= 0.6 is 0 Å². The van der Waals surface area contributed by atoms with Crippen molar-refractivity contribution in [2.75, 3.05) is 5.32 Å². The van der Waals surface area contributed by atoms with Crippen molar-refractivity contribution in [2.45, 2.75) is 6.18 Å². The summed E-state index contributed by atoms with van der Waals surface area (Å²) < 4.78 is 43.6. The Balaban J connectivity index is 1.59. The van der Waals surface area contributed by atoms with Crippen LogP contribution in [0.3, 0.4) is 0 Å². The summed E-state index contributed by atoms with van der Waals surface area (Å²) in [4.78, 5) is 29.7. The van der Waals surface area contributed by atoms with Crippen LogP contribution < -0.4 is 5.32 Å². The van der Waals surface area contributed by atoms with Crippen LogP contribution in [0, 0.1) is 10.1 Å². The minimum Gasteiger partial charge on any atom is -0.397 e. The molecule has 2 heterocycles. The van der Waals surface area contributed by atoms with E-state index >= 15 is 0 Å². The van der Waals surface area contributed by atoms with Crippen LogP contribution in [0.2, 0.25) is 0 Å². The number of halogens is 3. The number of carbonyl (C=O) groups is 1. The van der Waals surface area contributed by atoms with Gasteiger partial charge in [-0.05, 0) is 42.5 Å². The zero-order chi connectivity index (χ0) is 21.5. The maximum Gasteiger partial charge on any atom is 0.433 e. The Labute approximate surface area is 165 Å². The number of aromatic nitrogens is 2. The van der Waals surface area contributed by atoms with E-state index in [-0.39, 0.29) is 22.8 Å². The highest BCUT2D eigenvalue weighted by Gasteiger charge is 2.30. The Morgan fingerprint density at radius 2 is 1.93 bits per heavy atom. The third-order valence-corrected chi connectivity index (χ3v) is 4.20. The van der Waals surface area contributed by atoms with Gasteiger partial charge in [-0.3, -0.25) is 14.9 Å². The van der Waals surface area contributed by atoms with E-state index < -0.39 is 28.5 Å². The zero-order valence-corrected chi connectivity index (χ0v) is 14.9. The summed E-state index contributed by atoms with van der Waals surface area (Å²) in [5.41, 5.74) is 0.227. The number of hydrogen-bond acceptors (Lipinski definition) is 5. The molecule has 8 nitrogen and oxygen atoms in total. The van der Waals surface area contributed by atoms with Crippen LogP contribution in [0.1, 0.15) is 15.9 Å². The largest absolute Gasteiger partial charge is 0.433 e. The lowest BCUT2D eigenvalue weighted by Crippen LogP contribution is -2.13. The van der Waals surface area contributed by atoms with Gasteiger partial charge in [-0.2, -0.15) is 13.2 Å². The maximum atomic E-state index is 12.8. The predicted molar refractivity (Wildman–Crippen MR) is 99.8 cm³/mol. The number of alkyl halides is 3. The van der Waals surface area contributed by atoms with Crippen LogP contribution in [0.4, 0.5) is 24.7 Å². The number of amides is 1. The first kappa shape index (κ1) is 19.2. The van der Waals surface area contributed by atoms with Gasteiger partial charge < -0.3 is 14.7 Å². The molecule has 2 N–H and O–H groups in total. The van der Waals surface area contributed by atoms with Crippen LogP contribution in [-0.4, -0.2) is 20.8 Å². The lowest BCUT2D eigenvalue weighted by molar-refractivity contribution is -0.401. The third kappa shape index (κ3) is 3.72. The first-order valence-electron chi connectivity index (χ1n) is 8.44. The van der Waals surface area contributed by atoms with Crippen molar-refractivity contribution in [2.24, 2.45) is 0 Å². The molecule has 0 radical (unpaired) electrons. The topological polar surface area (TPSA) is 114 Å². The number of aromatic amines is 1. The lowest BCUT2D eigenvalue weighted by atomic mass is 10.1. The Morgan fingerprint density at radius 1 is 1.13 bits per heavy atom. The fraction of sp³-hybridized carbons (Fsp3) is 0.0526. The Morgan fingerprint density at radius 3 is 2.63 bits per heavy atom. The zero-order valence-electron chi connectivity index (χ0n) is 14.9. The average molecular weight is 416 g/mol. The molecule has 0 aliphatic rings. The summed E-state index contributed by atoms with van der Waals surface area (Å²) in [6.45, 7) is 0. The Bertz CT molecular complexity index is 1280. The molecule has 152 valence electrons. The average Bonchev–Trinajstić information content (AvgIpc) is 3.34. The first-order chi connectivity index (χ1) is 14.2. The van der Waals surface area contributed by atoms with Crippen LogP contribution in [-0.2, 0) is 6.18 Å². The lowest BCUT2D eigenvalue weighted by Gasteiger charge is -2.10. The number of fused-ring (bicyclic) bond motifs is 1. The minimum absolute atomic E-state index is 0.00289. The summed E-state index contributed by atoms with van der Waals surface area (Å²) in [5, 5.41) is 13.2. The van der Waals surface area contributed by atoms with E-state index in [0.29, 0.717) is 11.0 Å². The molecule has 30 heavy (non-hydrogen) atoms. The number of furan rings is 1. The van der Waals surface area contributed by atoms with Crippen molar-refractivity contribution in [1.29, 1.82) is 0 Å². The van der Waals surface area contributed by atoms with Gasteiger partial charge in [0, 0.05) is 11.3 Å². The molecule has 0 saturated carbocycles. The van der Waals surface area contributed by atoms with Gasteiger partial charge in [0.05, 0.1) is 22.7 Å². The fourth-order valence-electron chi connectivity index (χ4n) is 2.80. The normalized spacial score (nSPS) is 11.6. The second-order valence-corrected chi connectivity index (χ2v) is 6.25. The molecule has 0 spiro atoms. The standard InChI is InChI=1S/C19H11F3N4O4/c20-19(21,22)11-2-1-3-12(9-11)23-18(27)10-4-5-13-14(8-10)25-17(24-13)15-6-7-16(30-15)26(28)29/h1-9H,(H,23,27)(H,24,25). The van der Waals surface area contributed by atoms with Gasteiger partial charge in [0.2, 0.25) is 0 Å². The molecule has 4 aromatic rings. The van der Waals surface area contributed by atoms with E-state index in [1.54, 1.807) is 0 Å². The van der Waals surface area contributed by atoms with Crippen LogP contribution in [0.5, 0.6) is 0 Å². The molecule has 0 aliphatic carbocycles. The highest BCUT2D eigenvalue weighted by Crippen LogP contribution is 2.31. The predicted octanol–water partition coefficient (Wildman–Crippen LogP) is 5.00. The molecule has 4 rings (SSSR count). The molecule has 2 aromatic heterocycles. The fourth-order valence-corrected chi connectivity index (χ4v) is 2.80. The van der Waals surface area contributed by atoms with Crippen molar-refractivity contribution < 1.29 is 27.3 Å². The SMILES string of the molecule is O=C(Nc1cccc(C(F)(F)F)c1)c1ccc2nc(-c3ccc([N+](=O)[O-])o3)[nH]c2c1. The Hall–Kier alpha value is -4.15. The number of nitrogens with one attached hydrogen (secondary N) is 2. The molecule has 2 aromatic carbocycles. The van der Waals surface area contributed by atoms with Crippen molar-refractivity contribution in [1.82, 2.24) is 9.97 Å². The van der Waals surface area contributed by atoms with Crippen molar-refractivity contribution in [3.63, 3.8) is 0 Å². The van der Waals surface area contributed by atoms with Gasteiger partial charge in [-0.15, -0.1) is 0 Å². The number of rotatable bonds is 4. The molecule has 0 bridgehead atoms.